The number of rotatable bonds is 4. The molecule has 0 bridgehead atoms. The third-order valence-corrected chi connectivity index (χ3v) is 2.05. The van der Waals surface area contributed by atoms with Gasteiger partial charge in [0.2, 0.25) is 5.91 Å². The van der Waals surface area contributed by atoms with Crippen LogP contribution in [0.25, 0.3) is 6.08 Å². The molecule has 92 valence electrons. The molecule has 0 atom stereocenters. The zero-order valence-electron chi connectivity index (χ0n) is 9.84. The zero-order valence-corrected chi connectivity index (χ0v) is 9.84. The maximum Gasteiger partial charge on any atom is 0.330 e. The summed E-state index contributed by atoms with van der Waals surface area (Å²) in [4.78, 5) is 22.0. The van der Waals surface area contributed by atoms with Gasteiger partial charge in [0.25, 0.3) is 0 Å². The van der Waals surface area contributed by atoms with Crippen LogP contribution in [0.3, 0.4) is 0 Å². The van der Waals surface area contributed by atoms with Crippen LogP contribution in [0.4, 0.5) is 5.69 Å². The molecule has 0 aromatic heterocycles. The third-order valence-electron chi connectivity index (χ3n) is 2.05. The number of nitrogens with zero attached hydrogens (tertiary/aromatic N) is 1. The fraction of sp³-hybridized carbons (Fsp3) is 0.154. The van der Waals surface area contributed by atoms with Crippen molar-refractivity contribution in [3.63, 3.8) is 0 Å². The predicted molar refractivity (Wildman–Crippen MR) is 66.4 cm³/mol. The van der Waals surface area contributed by atoms with Crippen LogP contribution in [0.2, 0.25) is 0 Å². The van der Waals surface area contributed by atoms with Gasteiger partial charge in [-0.1, -0.05) is 12.1 Å². The summed E-state index contributed by atoms with van der Waals surface area (Å²) < 4.78 is 4.46. The Balaban J connectivity index is 2.63. The number of carbonyl (C=O) groups excluding carboxylic acids is 2. The summed E-state index contributed by atoms with van der Waals surface area (Å²) in [6.45, 7) is 0. The third kappa shape index (κ3) is 4.49. The molecule has 1 amide bonds. The molecule has 0 aliphatic carbocycles. The minimum absolute atomic E-state index is 0.177. The Morgan fingerprint density at radius 1 is 1.39 bits per heavy atom. The molecule has 1 aromatic carbocycles. The number of esters is 1. The number of nitrogens with one attached hydrogen (secondary N) is 1. The lowest BCUT2D eigenvalue weighted by Crippen LogP contribution is -2.09. The van der Waals surface area contributed by atoms with E-state index in [1.165, 1.54) is 13.2 Å². The highest BCUT2D eigenvalue weighted by Crippen LogP contribution is 2.11. The standard InChI is InChI=1S/C13H12N2O3/c1-18-13(17)7-4-10-2-5-11(6-3-10)15-12(16)8-9-14/h2-7H,8H2,1H3,(H,15,16). The Bertz CT molecular complexity index is 498. The average molecular weight is 244 g/mol. The van der Waals surface area contributed by atoms with Crippen LogP contribution in [0.15, 0.2) is 30.3 Å². The van der Waals surface area contributed by atoms with E-state index in [0.717, 1.165) is 5.56 Å². The van der Waals surface area contributed by atoms with Gasteiger partial charge in [-0.25, -0.2) is 4.79 Å². The van der Waals surface area contributed by atoms with Gasteiger partial charge in [0.15, 0.2) is 0 Å². The minimum Gasteiger partial charge on any atom is -0.466 e. The first-order valence-corrected chi connectivity index (χ1v) is 5.18. The second-order valence-corrected chi connectivity index (χ2v) is 3.36. The van der Waals surface area contributed by atoms with Crippen molar-refractivity contribution in [2.24, 2.45) is 0 Å². The SMILES string of the molecule is COC(=O)C=Cc1ccc(NC(=O)CC#N)cc1. The molecule has 18 heavy (non-hydrogen) atoms. The number of nitriles is 1. The monoisotopic (exact) mass is 244 g/mol. The summed E-state index contributed by atoms with van der Waals surface area (Å²) in [5.74, 6) is -0.781. The second kappa shape index (κ2) is 6.86. The lowest BCUT2D eigenvalue weighted by Gasteiger charge is -2.02. The fourth-order valence-corrected chi connectivity index (χ4v) is 1.19. The maximum atomic E-state index is 11.1. The van der Waals surface area contributed by atoms with E-state index in [4.69, 9.17) is 5.26 Å². The molecule has 0 aliphatic rings. The quantitative estimate of drug-likeness (QED) is 0.646. The van der Waals surface area contributed by atoms with Crippen LogP contribution in [0.1, 0.15) is 12.0 Å². The van der Waals surface area contributed by atoms with Crippen LogP contribution >= 0.6 is 0 Å². The Hall–Kier alpha value is -2.61. The summed E-state index contributed by atoms with van der Waals surface area (Å²) in [7, 11) is 1.31. The van der Waals surface area contributed by atoms with Crippen molar-refractivity contribution in [1.29, 1.82) is 5.26 Å². The number of hydrogen-bond donors (Lipinski definition) is 1. The van der Waals surface area contributed by atoms with Gasteiger partial charge in [-0.3, -0.25) is 4.79 Å². The smallest absolute Gasteiger partial charge is 0.330 e. The van der Waals surface area contributed by atoms with Crippen molar-refractivity contribution in [2.45, 2.75) is 6.42 Å². The Morgan fingerprint density at radius 2 is 2.06 bits per heavy atom. The molecule has 5 nitrogen and oxygen atoms in total. The predicted octanol–water partition coefficient (Wildman–Crippen LogP) is 1.72. The van der Waals surface area contributed by atoms with E-state index >= 15 is 0 Å². The molecule has 1 rings (SSSR count). The molecule has 0 saturated heterocycles. The number of benzene rings is 1. The van der Waals surface area contributed by atoms with E-state index in [1.807, 2.05) is 0 Å². The normalized spacial score (nSPS) is 9.78. The van der Waals surface area contributed by atoms with Crippen molar-refractivity contribution in [3.8, 4) is 6.07 Å². The number of carbonyl (C=O) groups is 2. The number of anilines is 1. The van der Waals surface area contributed by atoms with Crippen molar-refractivity contribution >= 4 is 23.6 Å². The largest absolute Gasteiger partial charge is 0.466 e. The summed E-state index contributed by atoms with van der Waals surface area (Å²) in [5.41, 5.74) is 1.41. The van der Waals surface area contributed by atoms with Crippen LogP contribution in [-0.4, -0.2) is 19.0 Å². The van der Waals surface area contributed by atoms with E-state index in [-0.39, 0.29) is 12.3 Å². The molecular formula is C13H12N2O3. The van der Waals surface area contributed by atoms with Gasteiger partial charge in [-0.15, -0.1) is 0 Å². The molecule has 0 aliphatic heterocycles. The van der Waals surface area contributed by atoms with Gasteiger partial charge in [0.05, 0.1) is 13.2 Å². The summed E-state index contributed by atoms with van der Waals surface area (Å²) in [6.07, 6.45) is 2.74. The molecule has 0 unspecified atom stereocenters. The van der Waals surface area contributed by atoms with E-state index in [0.29, 0.717) is 5.69 Å². The van der Waals surface area contributed by atoms with Crippen molar-refractivity contribution in [3.05, 3.63) is 35.9 Å². The summed E-state index contributed by atoms with van der Waals surface area (Å²) in [5, 5.41) is 10.9. The number of ether oxygens (including phenoxy) is 1. The molecule has 0 fully saturated rings. The van der Waals surface area contributed by atoms with E-state index < -0.39 is 5.97 Å². The fourth-order valence-electron chi connectivity index (χ4n) is 1.19. The van der Waals surface area contributed by atoms with Crippen LogP contribution in [0.5, 0.6) is 0 Å². The van der Waals surface area contributed by atoms with Crippen LogP contribution in [0, 0.1) is 11.3 Å². The van der Waals surface area contributed by atoms with Crippen molar-refractivity contribution < 1.29 is 14.3 Å². The van der Waals surface area contributed by atoms with Crippen LogP contribution < -0.4 is 5.32 Å². The van der Waals surface area contributed by atoms with Gasteiger partial charge in [0.1, 0.15) is 6.42 Å². The van der Waals surface area contributed by atoms with Crippen molar-refractivity contribution in [1.82, 2.24) is 0 Å². The molecule has 0 spiro atoms. The van der Waals surface area contributed by atoms with E-state index in [1.54, 1.807) is 36.4 Å². The first kappa shape index (κ1) is 13.5. The lowest BCUT2D eigenvalue weighted by molar-refractivity contribution is -0.134. The number of amides is 1. The summed E-state index contributed by atoms with van der Waals surface area (Å²) >= 11 is 0. The Kier molecular flexibility index (Phi) is 5.13. The van der Waals surface area contributed by atoms with Crippen molar-refractivity contribution in [2.75, 3.05) is 12.4 Å². The van der Waals surface area contributed by atoms with Gasteiger partial charge in [-0.05, 0) is 23.8 Å². The molecule has 0 radical (unpaired) electrons. The molecule has 0 heterocycles. The van der Waals surface area contributed by atoms with Gasteiger partial charge in [0, 0.05) is 11.8 Å². The Morgan fingerprint density at radius 3 is 2.61 bits per heavy atom. The van der Waals surface area contributed by atoms with Gasteiger partial charge in [-0.2, -0.15) is 5.26 Å². The first-order chi connectivity index (χ1) is 8.65. The molecule has 0 saturated carbocycles. The minimum atomic E-state index is -0.429. The zero-order chi connectivity index (χ0) is 13.4. The molecule has 5 heteroatoms. The highest BCUT2D eigenvalue weighted by atomic mass is 16.5. The van der Waals surface area contributed by atoms with Gasteiger partial charge < -0.3 is 10.1 Å². The van der Waals surface area contributed by atoms with Gasteiger partial charge >= 0.3 is 5.97 Å². The summed E-state index contributed by atoms with van der Waals surface area (Å²) in [6, 6.07) is 8.61. The average Bonchev–Trinajstić information content (AvgIpc) is 2.37. The highest BCUT2D eigenvalue weighted by Gasteiger charge is 2.00. The number of hydrogen-bond acceptors (Lipinski definition) is 4. The molecular weight excluding hydrogens is 232 g/mol. The maximum absolute atomic E-state index is 11.1. The van der Waals surface area contributed by atoms with Crippen LogP contribution in [-0.2, 0) is 14.3 Å². The topological polar surface area (TPSA) is 79.2 Å². The molecule has 1 N–H and O–H groups in total. The van der Waals surface area contributed by atoms with E-state index in [9.17, 15) is 9.59 Å². The lowest BCUT2D eigenvalue weighted by atomic mass is 10.2. The Labute approximate surface area is 105 Å². The number of methoxy groups -OCH3 is 1. The highest BCUT2D eigenvalue weighted by molar-refractivity contribution is 5.92. The molecule has 1 aromatic rings. The van der Waals surface area contributed by atoms with E-state index in [2.05, 4.69) is 10.1 Å². The first-order valence-electron chi connectivity index (χ1n) is 5.18. The second-order valence-electron chi connectivity index (χ2n) is 3.36.